The van der Waals surface area contributed by atoms with Crippen molar-refractivity contribution >= 4 is 61.8 Å². The van der Waals surface area contributed by atoms with E-state index < -0.39 is 28.1 Å². The minimum absolute atomic E-state index is 0.229. The lowest BCUT2D eigenvalue weighted by Gasteiger charge is -2.44. The van der Waals surface area contributed by atoms with Gasteiger partial charge in [0.15, 0.2) is 8.24 Å². The van der Waals surface area contributed by atoms with Gasteiger partial charge in [-0.25, -0.2) is 14.8 Å². The first-order valence-electron chi connectivity index (χ1n) is 23.0. The number of aromatic amines is 1. The van der Waals surface area contributed by atoms with Gasteiger partial charge in [-0.15, -0.1) is 0 Å². The number of ether oxygens (including phenoxy) is 1. The summed E-state index contributed by atoms with van der Waals surface area (Å²) in [5.74, 6) is 5.47. The fourth-order valence-electron chi connectivity index (χ4n) is 11.0. The molecule has 4 aliphatic heterocycles. The quantitative estimate of drug-likeness (QED) is 0.148. The van der Waals surface area contributed by atoms with Crippen LogP contribution in [0.1, 0.15) is 119 Å². The molecule has 8 heterocycles. The van der Waals surface area contributed by atoms with E-state index in [-0.39, 0.29) is 17.6 Å². The number of likely N-dealkylation sites (tertiary alicyclic amines) is 1. The van der Waals surface area contributed by atoms with Crippen molar-refractivity contribution in [3.05, 3.63) is 65.6 Å². The van der Waals surface area contributed by atoms with Crippen molar-refractivity contribution in [2.75, 3.05) is 32.8 Å². The summed E-state index contributed by atoms with van der Waals surface area (Å²) in [4.78, 5) is 27.3. The highest BCUT2D eigenvalue weighted by atomic mass is 28.3. The Kier molecular flexibility index (Phi) is 13.6. The molecule has 1 amide bonds. The van der Waals surface area contributed by atoms with Crippen molar-refractivity contribution in [2.24, 2.45) is 11.8 Å². The first-order valence-corrected chi connectivity index (χ1v) is 25.2. The van der Waals surface area contributed by atoms with E-state index in [1.54, 1.807) is 6.20 Å². The van der Waals surface area contributed by atoms with Gasteiger partial charge >= 0.3 is 20.3 Å². The zero-order valence-corrected chi connectivity index (χ0v) is 40.3. The SMILES string of the molecule is Cc1cnc2c(ccn2[Si](C(C)C)(C(C)C)C(C)C)c1/C(=C\B1OCC(C)(C)O1)C1CCN(C(=O)OC(C)(C)C)CC1.OB1C=C(C2CCNCC2)c2c(cnc3[nH]ccc23)O1. The van der Waals surface area contributed by atoms with Crippen LogP contribution < -0.4 is 9.97 Å². The van der Waals surface area contributed by atoms with Crippen molar-refractivity contribution in [1.82, 2.24) is 29.4 Å². The molecule has 4 aromatic heterocycles. The van der Waals surface area contributed by atoms with Crippen molar-refractivity contribution in [2.45, 2.75) is 137 Å². The molecule has 4 aliphatic rings. The number of H-pyrrole nitrogens is 1. The monoisotopic (exact) mass is 865 g/mol. The van der Waals surface area contributed by atoms with E-state index in [0.29, 0.717) is 48.0 Å². The van der Waals surface area contributed by atoms with Crippen molar-refractivity contribution in [1.29, 1.82) is 0 Å². The van der Waals surface area contributed by atoms with Gasteiger partial charge in [-0.3, -0.25) is 0 Å². The Bertz CT molecular complexity index is 2260. The van der Waals surface area contributed by atoms with Crippen LogP contribution in [-0.2, 0) is 14.0 Å². The van der Waals surface area contributed by atoms with Crippen LogP contribution in [0, 0.1) is 18.8 Å². The Hall–Kier alpha value is -3.88. The predicted molar refractivity (Wildman–Crippen MR) is 255 cm³/mol. The second-order valence-electron chi connectivity index (χ2n) is 20.4. The highest BCUT2D eigenvalue weighted by Crippen LogP contribution is 2.46. The van der Waals surface area contributed by atoms with Gasteiger partial charge in [0, 0.05) is 41.8 Å². The highest BCUT2D eigenvalue weighted by Gasteiger charge is 2.46. The van der Waals surface area contributed by atoms with Crippen LogP contribution >= 0.6 is 0 Å². The van der Waals surface area contributed by atoms with Crippen LogP contribution in [0.3, 0.4) is 0 Å². The molecule has 3 saturated heterocycles. The summed E-state index contributed by atoms with van der Waals surface area (Å²) in [6.07, 6.45) is 11.6. The molecular weight excluding hydrogens is 794 g/mol. The van der Waals surface area contributed by atoms with Gasteiger partial charge in [0.25, 0.3) is 0 Å². The largest absolute Gasteiger partial charge is 0.552 e. The number of nitrogens with one attached hydrogen (secondary N) is 2. The lowest BCUT2D eigenvalue weighted by Crippen LogP contribution is -2.51. The van der Waals surface area contributed by atoms with Crippen molar-refractivity contribution in [3.8, 4) is 5.75 Å². The number of piperidine rings is 2. The van der Waals surface area contributed by atoms with E-state index in [4.69, 9.17) is 23.7 Å². The molecule has 0 aromatic carbocycles. The number of carbonyl (C=O) groups is 1. The molecule has 0 radical (unpaired) electrons. The number of aromatic nitrogens is 4. The maximum absolute atomic E-state index is 12.8. The number of aryl methyl sites for hydroxylation is 1. The van der Waals surface area contributed by atoms with E-state index in [9.17, 15) is 9.82 Å². The summed E-state index contributed by atoms with van der Waals surface area (Å²) in [7, 11) is -3.27. The molecule has 0 unspecified atom stereocenters. The second-order valence-corrected chi connectivity index (χ2v) is 26.1. The van der Waals surface area contributed by atoms with Crippen LogP contribution in [0.5, 0.6) is 5.75 Å². The van der Waals surface area contributed by atoms with Gasteiger partial charge in [-0.1, -0.05) is 47.5 Å². The average Bonchev–Trinajstić information content (AvgIpc) is 3.95. The maximum Gasteiger partial charge on any atom is 0.552 e. The number of carbonyl (C=O) groups excluding carboxylic acids is 1. The van der Waals surface area contributed by atoms with Crippen LogP contribution in [0.15, 0.2) is 48.9 Å². The van der Waals surface area contributed by atoms with Gasteiger partial charge in [-0.2, -0.15) is 0 Å². The Morgan fingerprint density at radius 1 is 1.00 bits per heavy atom. The third-order valence-corrected chi connectivity index (χ3v) is 20.3. The standard InChI is InChI=1S/C33H54BN3O4Si.C14H16BN3O2/c1-22(2)42(23(3)4,24(5)6)37-18-15-27-29(25(7)20-35-30(27)37)28(19-34-39-21-33(11,12)41-34)26-13-16-36(17-14-26)31(38)40-32(8,9)10;19-15-7-11(9-1-4-16-5-2-9)13-10-3-6-17-14(10)18-8-12(13)20-15/h15,18-20,22-24,26H,13-14,16-17,21H2,1-12H3;3,6-9,16,19H,1-2,4-5H2,(H,17,18)/b28-19-;. The van der Waals surface area contributed by atoms with E-state index >= 15 is 0 Å². The van der Waals surface area contributed by atoms with Gasteiger partial charge in [0.2, 0.25) is 0 Å². The highest BCUT2D eigenvalue weighted by molar-refractivity contribution is 6.82. The summed E-state index contributed by atoms with van der Waals surface area (Å²) in [6.45, 7) is 30.4. The molecule has 334 valence electrons. The minimum Gasteiger partial charge on any atom is -0.531 e. The van der Waals surface area contributed by atoms with Crippen LogP contribution in [0.2, 0.25) is 16.6 Å². The Morgan fingerprint density at radius 3 is 2.29 bits per heavy atom. The Morgan fingerprint density at radius 2 is 1.68 bits per heavy atom. The summed E-state index contributed by atoms with van der Waals surface area (Å²) < 4.78 is 26.2. The second kappa shape index (κ2) is 18.3. The predicted octanol–water partition coefficient (Wildman–Crippen LogP) is 9.61. The fraction of sp³-hybridized carbons (Fsp3) is 0.596. The normalized spacial score (nSPS) is 19.3. The molecule has 62 heavy (non-hydrogen) atoms. The summed E-state index contributed by atoms with van der Waals surface area (Å²) in [5, 5.41) is 15.6. The molecule has 3 N–H and O–H groups in total. The molecule has 0 bridgehead atoms. The maximum atomic E-state index is 12.8. The Labute approximate surface area is 371 Å². The number of nitrogens with zero attached hydrogens (tertiary/aromatic N) is 4. The van der Waals surface area contributed by atoms with E-state index in [2.05, 4.69) is 106 Å². The molecule has 3 fully saturated rings. The number of amides is 1. The number of fused-ring (bicyclic) bond motifs is 4. The third kappa shape index (κ3) is 9.34. The molecule has 0 spiro atoms. The number of hydrogen-bond donors (Lipinski definition) is 3. The summed E-state index contributed by atoms with van der Waals surface area (Å²) in [6, 6.07) is 4.32. The summed E-state index contributed by atoms with van der Waals surface area (Å²) >= 11 is 0. The average molecular weight is 865 g/mol. The van der Waals surface area contributed by atoms with Gasteiger partial charge in [0.1, 0.15) is 22.6 Å². The van der Waals surface area contributed by atoms with E-state index in [1.807, 2.05) is 43.9 Å². The van der Waals surface area contributed by atoms with Gasteiger partial charge in [-0.05, 0) is 155 Å². The van der Waals surface area contributed by atoms with Gasteiger partial charge in [0.05, 0.1) is 18.4 Å². The molecule has 12 nitrogen and oxygen atoms in total. The lowest BCUT2D eigenvalue weighted by atomic mass is 9.75. The number of allylic oxidation sites excluding steroid dienone is 2. The first kappa shape index (κ1) is 46.1. The minimum atomic E-state index is -2.00. The van der Waals surface area contributed by atoms with Crippen LogP contribution in [0.25, 0.3) is 33.2 Å². The van der Waals surface area contributed by atoms with Crippen molar-refractivity contribution in [3.63, 3.8) is 0 Å². The molecular formula is C47H70B2N6O6Si. The molecule has 0 aliphatic carbocycles. The number of pyridine rings is 2. The van der Waals surface area contributed by atoms with Crippen molar-refractivity contribution < 1.29 is 28.5 Å². The number of rotatable bonds is 8. The smallest absolute Gasteiger partial charge is 0.531 e. The van der Waals surface area contributed by atoms with E-state index in [1.165, 1.54) is 22.1 Å². The molecule has 0 saturated carbocycles. The topological polar surface area (TPSA) is 136 Å². The Balaban J connectivity index is 0.000000238. The molecule has 4 aromatic rings. The zero-order chi connectivity index (χ0) is 44.7. The van der Waals surface area contributed by atoms with Crippen LogP contribution in [0.4, 0.5) is 4.79 Å². The molecule has 0 atom stereocenters. The summed E-state index contributed by atoms with van der Waals surface area (Å²) in [5.41, 5.74) is 8.75. The first-order chi connectivity index (χ1) is 29.3. The zero-order valence-electron chi connectivity index (χ0n) is 39.3. The van der Waals surface area contributed by atoms with E-state index in [0.717, 1.165) is 66.6 Å². The van der Waals surface area contributed by atoms with Gasteiger partial charge < -0.3 is 43.2 Å². The number of hydrogen-bond acceptors (Lipinski definition) is 9. The molecule has 8 rings (SSSR count). The fourth-order valence-corrected chi connectivity index (χ4v) is 17.5. The third-order valence-electron chi connectivity index (χ3n) is 13.5. The lowest BCUT2D eigenvalue weighted by molar-refractivity contribution is 0.0199. The van der Waals surface area contributed by atoms with Crippen LogP contribution in [-0.4, -0.2) is 102 Å². The molecule has 15 heteroatoms.